The first-order chi connectivity index (χ1) is 8.27. The van der Waals surface area contributed by atoms with Gasteiger partial charge in [0.05, 0.1) is 11.0 Å². The topological polar surface area (TPSA) is 70.0 Å². The third-order valence-electron chi connectivity index (χ3n) is 2.71. The predicted molar refractivity (Wildman–Crippen MR) is 70.5 cm³/mol. The number of aryl methyl sites for hydroxylation is 2. The molecule has 1 aromatic rings. The summed E-state index contributed by atoms with van der Waals surface area (Å²) in [5, 5.41) is 8.94. The van der Waals surface area contributed by atoms with Crippen molar-refractivity contribution in [1.29, 1.82) is 5.26 Å². The maximum absolute atomic E-state index is 12.2. The molecule has 5 heteroatoms. The van der Waals surface area contributed by atoms with E-state index >= 15 is 0 Å². The van der Waals surface area contributed by atoms with Crippen LogP contribution in [0.15, 0.2) is 23.1 Å². The van der Waals surface area contributed by atoms with E-state index in [4.69, 9.17) is 5.26 Å². The monoisotopic (exact) mass is 266 g/mol. The van der Waals surface area contributed by atoms with Crippen molar-refractivity contribution >= 4 is 10.0 Å². The normalized spacial score (nSPS) is 13.3. The van der Waals surface area contributed by atoms with Crippen molar-refractivity contribution in [2.24, 2.45) is 5.92 Å². The smallest absolute Gasteiger partial charge is 0.207 e. The van der Waals surface area contributed by atoms with Gasteiger partial charge in [-0.2, -0.15) is 9.98 Å². The molecule has 0 aliphatic heterocycles. The molecular formula is C13H18N2O2S. The molecule has 18 heavy (non-hydrogen) atoms. The van der Waals surface area contributed by atoms with Crippen LogP contribution in [-0.2, 0) is 10.0 Å². The van der Waals surface area contributed by atoms with Gasteiger partial charge in [0, 0.05) is 0 Å². The molecule has 0 heterocycles. The van der Waals surface area contributed by atoms with E-state index < -0.39 is 16.1 Å². The van der Waals surface area contributed by atoms with Crippen LogP contribution in [0.1, 0.15) is 25.0 Å². The highest BCUT2D eigenvalue weighted by Crippen LogP contribution is 2.17. The van der Waals surface area contributed by atoms with Crippen molar-refractivity contribution in [2.75, 3.05) is 0 Å². The number of sulfonamides is 1. The predicted octanol–water partition coefficient (Wildman–Crippen LogP) is 2.13. The number of nitrogens with zero attached hydrogens (tertiary/aromatic N) is 1. The Hall–Kier alpha value is -1.38. The summed E-state index contributed by atoms with van der Waals surface area (Å²) >= 11 is 0. The first-order valence-corrected chi connectivity index (χ1v) is 7.25. The average molecular weight is 266 g/mol. The second-order valence-corrected chi connectivity index (χ2v) is 6.42. The number of nitrogens with one attached hydrogen (secondary N) is 1. The van der Waals surface area contributed by atoms with E-state index in [0.29, 0.717) is 5.56 Å². The molecule has 1 aromatic carbocycles. The minimum atomic E-state index is -3.64. The van der Waals surface area contributed by atoms with Crippen LogP contribution in [0.3, 0.4) is 0 Å². The molecule has 1 N–H and O–H groups in total. The summed E-state index contributed by atoms with van der Waals surface area (Å²) < 4.78 is 26.8. The third-order valence-corrected chi connectivity index (χ3v) is 4.31. The number of hydrogen-bond donors (Lipinski definition) is 1. The quantitative estimate of drug-likeness (QED) is 0.907. The van der Waals surface area contributed by atoms with Gasteiger partial charge in [-0.25, -0.2) is 8.42 Å². The molecule has 0 saturated carbocycles. The van der Waals surface area contributed by atoms with Gasteiger partial charge >= 0.3 is 0 Å². The van der Waals surface area contributed by atoms with Gasteiger partial charge in [0.15, 0.2) is 0 Å². The van der Waals surface area contributed by atoms with Gasteiger partial charge in [-0.05, 0) is 31.4 Å². The molecule has 1 rings (SSSR count). The first-order valence-electron chi connectivity index (χ1n) is 5.77. The molecule has 1 unspecified atom stereocenters. The van der Waals surface area contributed by atoms with E-state index in [1.165, 1.54) is 0 Å². The van der Waals surface area contributed by atoms with Crippen LogP contribution in [0.2, 0.25) is 0 Å². The molecule has 98 valence electrons. The van der Waals surface area contributed by atoms with Crippen molar-refractivity contribution < 1.29 is 8.42 Å². The third kappa shape index (κ3) is 3.31. The van der Waals surface area contributed by atoms with Gasteiger partial charge in [0.1, 0.15) is 6.04 Å². The van der Waals surface area contributed by atoms with Crippen LogP contribution in [0.4, 0.5) is 0 Å². The van der Waals surface area contributed by atoms with Crippen LogP contribution >= 0.6 is 0 Å². The number of rotatable bonds is 4. The lowest BCUT2D eigenvalue weighted by Gasteiger charge is -2.16. The molecule has 0 aliphatic rings. The lowest BCUT2D eigenvalue weighted by Crippen LogP contribution is -2.37. The molecule has 0 fully saturated rings. The molecule has 0 spiro atoms. The van der Waals surface area contributed by atoms with Crippen LogP contribution in [-0.4, -0.2) is 14.5 Å². The van der Waals surface area contributed by atoms with E-state index in [9.17, 15) is 8.42 Å². The highest BCUT2D eigenvalue weighted by atomic mass is 32.2. The highest BCUT2D eigenvalue weighted by Gasteiger charge is 2.23. The Morgan fingerprint density at radius 2 is 1.89 bits per heavy atom. The molecule has 0 amide bonds. The van der Waals surface area contributed by atoms with Crippen LogP contribution < -0.4 is 4.72 Å². The van der Waals surface area contributed by atoms with Gasteiger partial charge in [-0.3, -0.25) is 0 Å². The summed E-state index contributed by atoms with van der Waals surface area (Å²) in [6.45, 7) is 7.26. The van der Waals surface area contributed by atoms with Crippen molar-refractivity contribution in [1.82, 2.24) is 4.72 Å². The average Bonchev–Trinajstić information content (AvgIpc) is 2.24. The Morgan fingerprint density at radius 1 is 1.28 bits per heavy atom. The standard InChI is InChI=1S/C13H18N2O2S/c1-9(2)12(8-14)15-18(16,17)13-6-5-10(3)7-11(13)4/h5-7,9,12,15H,1-4H3. The lowest BCUT2D eigenvalue weighted by atomic mass is 10.1. The second kappa shape index (κ2) is 5.51. The Labute approximate surface area is 109 Å². The van der Waals surface area contributed by atoms with Crippen LogP contribution in [0, 0.1) is 31.1 Å². The fourth-order valence-corrected chi connectivity index (χ4v) is 3.16. The summed E-state index contributed by atoms with van der Waals surface area (Å²) in [6.07, 6.45) is 0. The van der Waals surface area contributed by atoms with Gasteiger partial charge in [-0.15, -0.1) is 0 Å². The zero-order valence-corrected chi connectivity index (χ0v) is 11.9. The molecule has 0 aromatic heterocycles. The van der Waals surface area contributed by atoms with Gasteiger partial charge in [0.25, 0.3) is 0 Å². The van der Waals surface area contributed by atoms with E-state index in [2.05, 4.69) is 4.72 Å². The Kier molecular flexibility index (Phi) is 4.49. The minimum absolute atomic E-state index is 0.0736. The molecule has 0 aliphatic carbocycles. The largest absolute Gasteiger partial charge is 0.241 e. The summed E-state index contributed by atoms with van der Waals surface area (Å²) in [6, 6.07) is 6.39. The molecular weight excluding hydrogens is 248 g/mol. The molecule has 0 saturated heterocycles. The SMILES string of the molecule is Cc1ccc(S(=O)(=O)NC(C#N)C(C)C)c(C)c1. The fraction of sp³-hybridized carbons (Fsp3) is 0.462. The van der Waals surface area contributed by atoms with Crippen LogP contribution in [0.5, 0.6) is 0 Å². The summed E-state index contributed by atoms with van der Waals surface area (Å²) in [5.41, 5.74) is 1.69. The summed E-state index contributed by atoms with van der Waals surface area (Å²) in [4.78, 5) is 0.231. The Morgan fingerprint density at radius 3 is 2.33 bits per heavy atom. The van der Waals surface area contributed by atoms with Gasteiger partial charge in [-0.1, -0.05) is 31.5 Å². The van der Waals surface area contributed by atoms with E-state index in [1.807, 2.05) is 19.1 Å². The molecule has 4 nitrogen and oxygen atoms in total. The van der Waals surface area contributed by atoms with Gasteiger partial charge < -0.3 is 0 Å². The lowest BCUT2D eigenvalue weighted by molar-refractivity contribution is 0.515. The maximum Gasteiger partial charge on any atom is 0.241 e. The summed E-state index contributed by atoms with van der Waals surface area (Å²) in [7, 11) is -3.64. The van der Waals surface area contributed by atoms with Crippen molar-refractivity contribution in [2.45, 2.75) is 38.6 Å². The molecule has 0 bridgehead atoms. The second-order valence-electron chi connectivity index (χ2n) is 4.74. The number of benzene rings is 1. The van der Waals surface area contributed by atoms with Gasteiger partial charge in [0.2, 0.25) is 10.0 Å². The maximum atomic E-state index is 12.2. The fourth-order valence-electron chi connectivity index (χ4n) is 1.64. The van der Waals surface area contributed by atoms with E-state index in [1.54, 1.807) is 32.9 Å². The molecule has 0 radical (unpaired) electrons. The van der Waals surface area contributed by atoms with Crippen molar-refractivity contribution in [3.8, 4) is 6.07 Å². The Bertz CT molecular complexity index is 571. The zero-order valence-electron chi connectivity index (χ0n) is 11.1. The first kappa shape index (κ1) is 14.7. The van der Waals surface area contributed by atoms with Crippen LogP contribution in [0.25, 0.3) is 0 Å². The van der Waals surface area contributed by atoms with Crippen molar-refractivity contribution in [3.05, 3.63) is 29.3 Å². The highest BCUT2D eigenvalue weighted by molar-refractivity contribution is 7.89. The summed E-state index contributed by atoms with van der Waals surface area (Å²) in [5.74, 6) is -0.0736. The Balaban J connectivity index is 3.11. The van der Waals surface area contributed by atoms with Crippen molar-refractivity contribution in [3.63, 3.8) is 0 Å². The number of hydrogen-bond acceptors (Lipinski definition) is 3. The minimum Gasteiger partial charge on any atom is -0.207 e. The van der Waals surface area contributed by atoms with E-state index in [-0.39, 0.29) is 10.8 Å². The molecule has 1 atom stereocenters. The number of nitriles is 1. The zero-order chi connectivity index (χ0) is 13.9. The van der Waals surface area contributed by atoms with E-state index in [0.717, 1.165) is 5.56 Å².